The van der Waals surface area contributed by atoms with Crippen LogP contribution < -0.4 is 14.8 Å². The molecule has 0 saturated heterocycles. The molecule has 0 aliphatic heterocycles. The van der Waals surface area contributed by atoms with Crippen LogP contribution in [0.2, 0.25) is 0 Å². The minimum atomic E-state index is -3.00. The summed E-state index contributed by atoms with van der Waals surface area (Å²) in [7, 11) is 1.31. The SMILES string of the molecule is COc1cc(C(=O)Nc2cc(C(C)(C)C)nn2-c2ccccn2)ccc1OC(F)F. The van der Waals surface area contributed by atoms with Crippen LogP contribution in [0.1, 0.15) is 36.8 Å². The van der Waals surface area contributed by atoms with Gasteiger partial charge in [-0.05, 0) is 30.3 Å². The van der Waals surface area contributed by atoms with Crippen molar-refractivity contribution >= 4 is 11.7 Å². The van der Waals surface area contributed by atoms with E-state index in [9.17, 15) is 13.6 Å². The van der Waals surface area contributed by atoms with Crippen LogP contribution in [0.4, 0.5) is 14.6 Å². The minimum Gasteiger partial charge on any atom is -0.493 e. The number of rotatable bonds is 6. The molecule has 0 saturated carbocycles. The maximum absolute atomic E-state index is 12.8. The molecule has 1 N–H and O–H groups in total. The first-order valence-electron chi connectivity index (χ1n) is 9.15. The van der Waals surface area contributed by atoms with Crippen LogP contribution in [-0.2, 0) is 5.41 Å². The second kappa shape index (κ2) is 8.48. The molecule has 0 spiro atoms. The number of aromatic nitrogens is 3. The lowest BCUT2D eigenvalue weighted by atomic mass is 9.92. The first-order chi connectivity index (χ1) is 14.2. The van der Waals surface area contributed by atoms with Gasteiger partial charge in [-0.3, -0.25) is 4.79 Å². The molecule has 158 valence electrons. The third-order valence-electron chi connectivity index (χ3n) is 4.23. The average molecular weight is 416 g/mol. The Balaban J connectivity index is 1.94. The fourth-order valence-electron chi connectivity index (χ4n) is 2.68. The Morgan fingerprint density at radius 2 is 1.90 bits per heavy atom. The molecule has 3 aromatic rings. The van der Waals surface area contributed by atoms with E-state index in [1.807, 2.05) is 26.8 Å². The number of nitrogens with one attached hydrogen (secondary N) is 1. The molecule has 2 heterocycles. The van der Waals surface area contributed by atoms with Crippen LogP contribution in [0.3, 0.4) is 0 Å². The highest BCUT2D eigenvalue weighted by Crippen LogP contribution is 2.30. The highest BCUT2D eigenvalue weighted by molar-refractivity contribution is 6.04. The largest absolute Gasteiger partial charge is 0.493 e. The fraction of sp³-hybridized carbons (Fsp3) is 0.286. The van der Waals surface area contributed by atoms with Crippen LogP contribution in [0.25, 0.3) is 5.82 Å². The van der Waals surface area contributed by atoms with Gasteiger partial charge in [0.25, 0.3) is 5.91 Å². The summed E-state index contributed by atoms with van der Waals surface area (Å²) in [6.45, 7) is 3.03. The second-order valence-electron chi connectivity index (χ2n) is 7.46. The first-order valence-corrected chi connectivity index (χ1v) is 9.15. The number of hydrogen-bond donors (Lipinski definition) is 1. The zero-order valence-corrected chi connectivity index (χ0v) is 17.0. The highest BCUT2D eigenvalue weighted by Gasteiger charge is 2.22. The van der Waals surface area contributed by atoms with Crippen molar-refractivity contribution in [2.45, 2.75) is 32.8 Å². The lowest BCUT2D eigenvalue weighted by molar-refractivity contribution is -0.0512. The Labute approximate surface area is 172 Å². The van der Waals surface area contributed by atoms with Gasteiger partial charge in [0.2, 0.25) is 0 Å². The average Bonchev–Trinajstić information content (AvgIpc) is 3.12. The molecule has 3 rings (SSSR count). The molecule has 0 radical (unpaired) electrons. The molecule has 2 aromatic heterocycles. The quantitative estimate of drug-likeness (QED) is 0.643. The summed E-state index contributed by atoms with van der Waals surface area (Å²) < 4.78 is 36.0. The van der Waals surface area contributed by atoms with E-state index in [4.69, 9.17) is 4.74 Å². The summed E-state index contributed by atoms with van der Waals surface area (Å²) in [5.74, 6) is 0.376. The smallest absolute Gasteiger partial charge is 0.387 e. The zero-order valence-electron chi connectivity index (χ0n) is 17.0. The molecule has 0 fully saturated rings. The number of hydrogen-bond acceptors (Lipinski definition) is 5. The van der Waals surface area contributed by atoms with E-state index < -0.39 is 12.5 Å². The van der Waals surface area contributed by atoms with Crippen molar-refractivity contribution < 1.29 is 23.0 Å². The molecular weight excluding hydrogens is 394 g/mol. The normalized spacial score (nSPS) is 11.4. The van der Waals surface area contributed by atoms with Crippen LogP contribution >= 0.6 is 0 Å². The highest BCUT2D eigenvalue weighted by atomic mass is 19.3. The van der Waals surface area contributed by atoms with E-state index in [0.29, 0.717) is 11.6 Å². The van der Waals surface area contributed by atoms with Gasteiger partial charge in [0, 0.05) is 23.2 Å². The standard InChI is InChI=1S/C21H22F2N4O3/c1-21(2,3)16-12-18(27(26-16)17-7-5-6-10-24-17)25-19(28)13-8-9-14(30-20(22)23)15(11-13)29-4/h5-12,20H,1-4H3,(H,25,28). The van der Waals surface area contributed by atoms with E-state index in [-0.39, 0.29) is 22.5 Å². The maximum atomic E-state index is 12.8. The molecule has 0 unspecified atom stereocenters. The molecule has 1 aromatic carbocycles. The Morgan fingerprint density at radius 3 is 2.50 bits per heavy atom. The lowest BCUT2D eigenvalue weighted by Gasteiger charge is -2.13. The fourth-order valence-corrected chi connectivity index (χ4v) is 2.68. The van der Waals surface area contributed by atoms with Gasteiger partial charge in [0.15, 0.2) is 17.3 Å². The van der Waals surface area contributed by atoms with Crippen molar-refractivity contribution in [2.75, 3.05) is 12.4 Å². The van der Waals surface area contributed by atoms with Gasteiger partial charge in [-0.1, -0.05) is 26.8 Å². The molecule has 30 heavy (non-hydrogen) atoms. The van der Waals surface area contributed by atoms with Gasteiger partial charge in [0.1, 0.15) is 5.82 Å². The Morgan fingerprint density at radius 1 is 1.13 bits per heavy atom. The van der Waals surface area contributed by atoms with Crippen molar-refractivity contribution in [3.63, 3.8) is 0 Å². The second-order valence-corrected chi connectivity index (χ2v) is 7.46. The summed E-state index contributed by atoms with van der Waals surface area (Å²) >= 11 is 0. The number of benzene rings is 1. The molecule has 0 atom stereocenters. The number of methoxy groups -OCH3 is 1. The van der Waals surface area contributed by atoms with Crippen LogP contribution in [0.5, 0.6) is 11.5 Å². The van der Waals surface area contributed by atoms with E-state index in [1.54, 1.807) is 29.1 Å². The zero-order chi connectivity index (χ0) is 21.9. The number of alkyl halides is 2. The van der Waals surface area contributed by atoms with Crippen LogP contribution in [0, 0.1) is 0 Å². The summed E-state index contributed by atoms with van der Waals surface area (Å²) in [5, 5.41) is 7.40. The number of nitrogens with zero attached hydrogens (tertiary/aromatic N) is 3. The number of halogens is 2. The first kappa shape index (κ1) is 21.2. The predicted octanol–water partition coefficient (Wildman–Crippen LogP) is 4.43. The van der Waals surface area contributed by atoms with E-state index in [2.05, 4.69) is 20.1 Å². The minimum absolute atomic E-state index is 0.0246. The summed E-state index contributed by atoms with van der Waals surface area (Å²) in [5.41, 5.74) is 0.720. The lowest BCUT2D eigenvalue weighted by Crippen LogP contribution is -2.16. The third kappa shape index (κ3) is 4.73. The van der Waals surface area contributed by atoms with E-state index >= 15 is 0 Å². The molecule has 9 heteroatoms. The van der Waals surface area contributed by atoms with Crippen molar-refractivity contribution in [1.29, 1.82) is 0 Å². The topological polar surface area (TPSA) is 78.3 Å². The number of carbonyl (C=O) groups is 1. The maximum Gasteiger partial charge on any atom is 0.387 e. The molecule has 0 aliphatic rings. The predicted molar refractivity (Wildman–Crippen MR) is 108 cm³/mol. The van der Waals surface area contributed by atoms with Gasteiger partial charge in [-0.25, -0.2) is 4.98 Å². The van der Waals surface area contributed by atoms with Gasteiger partial charge in [0.05, 0.1) is 12.8 Å². The number of anilines is 1. The van der Waals surface area contributed by atoms with Gasteiger partial charge < -0.3 is 14.8 Å². The Hall–Kier alpha value is -3.49. The summed E-state index contributed by atoms with van der Waals surface area (Å²) in [6, 6.07) is 11.1. The molecule has 0 bridgehead atoms. The number of pyridine rings is 1. The Kier molecular flexibility index (Phi) is 6.00. The molecule has 0 aliphatic carbocycles. The monoisotopic (exact) mass is 416 g/mol. The van der Waals surface area contributed by atoms with Crippen LogP contribution in [-0.4, -0.2) is 34.4 Å². The van der Waals surface area contributed by atoms with Crippen molar-refractivity contribution in [2.24, 2.45) is 0 Å². The van der Waals surface area contributed by atoms with E-state index in [1.165, 1.54) is 25.3 Å². The van der Waals surface area contributed by atoms with Gasteiger partial charge >= 0.3 is 6.61 Å². The summed E-state index contributed by atoms with van der Waals surface area (Å²) in [6.07, 6.45) is 1.63. The summed E-state index contributed by atoms with van der Waals surface area (Å²) in [4.78, 5) is 17.1. The van der Waals surface area contributed by atoms with Gasteiger partial charge in [-0.15, -0.1) is 0 Å². The van der Waals surface area contributed by atoms with Crippen molar-refractivity contribution in [1.82, 2.24) is 14.8 Å². The van der Waals surface area contributed by atoms with Crippen LogP contribution in [0.15, 0.2) is 48.7 Å². The molecular formula is C21H22F2N4O3. The van der Waals surface area contributed by atoms with Gasteiger partial charge in [-0.2, -0.15) is 18.6 Å². The van der Waals surface area contributed by atoms with Crippen molar-refractivity contribution in [3.05, 3.63) is 59.9 Å². The number of carbonyl (C=O) groups excluding carboxylic acids is 1. The van der Waals surface area contributed by atoms with Crippen molar-refractivity contribution in [3.8, 4) is 17.3 Å². The Bertz CT molecular complexity index is 1030. The molecule has 1 amide bonds. The van der Waals surface area contributed by atoms with E-state index in [0.717, 1.165) is 5.69 Å². The number of amides is 1. The third-order valence-corrected chi connectivity index (χ3v) is 4.23. The molecule has 7 nitrogen and oxygen atoms in total. The number of ether oxygens (including phenoxy) is 2.